The lowest BCUT2D eigenvalue weighted by atomic mass is 10.2. The van der Waals surface area contributed by atoms with E-state index in [1.54, 1.807) is 7.05 Å². The van der Waals surface area contributed by atoms with Crippen molar-refractivity contribution in [1.29, 1.82) is 0 Å². The highest BCUT2D eigenvalue weighted by atomic mass is 32.1. The molecular formula is C10H12N4O2S. The summed E-state index contributed by atoms with van der Waals surface area (Å²) in [4.78, 5) is 16.2. The molecule has 0 aliphatic carbocycles. The van der Waals surface area contributed by atoms with Crippen molar-refractivity contribution in [2.75, 3.05) is 14.2 Å². The maximum absolute atomic E-state index is 11.5. The minimum absolute atomic E-state index is 0.298. The van der Waals surface area contributed by atoms with Gasteiger partial charge < -0.3 is 5.32 Å². The summed E-state index contributed by atoms with van der Waals surface area (Å²) in [6.07, 6.45) is 0. The molecule has 0 radical (unpaired) electrons. The molecule has 0 spiro atoms. The predicted molar refractivity (Wildman–Crippen MR) is 64.4 cm³/mol. The third kappa shape index (κ3) is 2.51. The molecule has 17 heavy (non-hydrogen) atoms. The van der Waals surface area contributed by atoms with E-state index >= 15 is 0 Å². The van der Waals surface area contributed by atoms with Gasteiger partial charge in [0.15, 0.2) is 0 Å². The van der Waals surface area contributed by atoms with E-state index in [1.807, 2.05) is 18.2 Å². The normalized spacial score (nSPS) is 10.5. The van der Waals surface area contributed by atoms with Crippen molar-refractivity contribution in [1.82, 2.24) is 19.1 Å². The Morgan fingerprint density at radius 2 is 2.35 bits per heavy atom. The summed E-state index contributed by atoms with van der Waals surface area (Å²) in [6, 6.07) is 5.40. The Morgan fingerprint density at radius 3 is 3.12 bits per heavy atom. The number of hydrogen-bond acceptors (Lipinski definition) is 5. The molecule has 2 amide bonds. The molecule has 1 heterocycles. The van der Waals surface area contributed by atoms with E-state index < -0.39 is 0 Å². The summed E-state index contributed by atoms with van der Waals surface area (Å²) in [6.45, 7) is 0.398. The number of fused-ring (bicyclic) bond motifs is 1. The van der Waals surface area contributed by atoms with Crippen LogP contribution in [-0.2, 0) is 11.4 Å². The Balaban J connectivity index is 2.09. The van der Waals surface area contributed by atoms with Crippen LogP contribution >= 0.6 is 11.7 Å². The number of benzene rings is 1. The highest BCUT2D eigenvalue weighted by Gasteiger charge is 2.09. The van der Waals surface area contributed by atoms with Gasteiger partial charge in [0.05, 0.1) is 18.8 Å². The molecule has 7 heteroatoms. The predicted octanol–water partition coefficient (Wildman–Crippen LogP) is 1.39. The molecule has 0 fully saturated rings. The standard InChI is InChI=1S/C10H12N4O2S/c1-14(16-2)10(15)11-6-7-4-3-5-8-9(7)13-17-12-8/h3-5H,6H2,1-2H3,(H,11,15). The first-order valence-electron chi connectivity index (χ1n) is 4.98. The molecule has 2 rings (SSSR count). The van der Waals surface area contributed by atoms with Crippen molar-refractivity contribution in [3.63, 3.8) is 0 Å². The second-order valence-corrected chi connectivity index (χ2v) is 3.92. The maximum Gasteiger partial charge on any atom is 0.341 e. The van der Waals surface area contributed by atoms with Crippen LogP contribution in [0.2, 0.25) is 0 Å². The molecule has 0 aliphatic heterocycles. The van der Waals surface area contributed by atoms with E-state index in [0.717, 1.165) is 33.4 Å². The molecule has 6 nitrogen and oxygen atoms in total. The summed E-state index contributed by atoms with van der Waals surface area (Å²) in [5, 5.41) is 3.85. The van der Waals surface area contributed by atoms with E-state index in [-0.39, 0.29) is 6.03 Å². The van der Waals surface area contributed by atoms with E-state index in [4.69, 9.17) is 4.84 Å². The van der Waals surface area contributed by atoms with E-state index in [0.29, 0.717) is 6.54 Å². The molecule has 2 aromatic rings. The molecule has 0 unspecified atom stereocenters. The number of carbonyl (C=O) groups is 1. The van der Waals surface area contributed by atoms with Crippen LogP contribution in [-0.4, -0.2) is 34.0 Å². The Bertz CT molecular complexity index is 528. The van der Waals surface area contributed by atoms with Gasteiger partial charge in [0.1, 0.15) is 11.0 Å². The second kappa shape index (κ2) is 5.07. The van der Waals surface area contributed by atoms with Crippen LogP contribution in [0, 0.1) is 0 Å². The molecule has 0 atom stereocenters. The van der Waals surface area contributed by atoms with Gasteiger partial charge >= 0.3 is 6.03 Å². The SMILES string of the molecule is CON(C)C(=O)NCc1cccc2nsnc12. The summed E-state index contributed by atoms with van der Waals surface area (Å²) >= 11 is 1.16. The van der Waals surface area contributed by atoms with Gasteiger partial charge in [0, 0.05) is 19.2 Å². The van der Waals surface area contributed by atoms with Crippen LogP contribution in [0.1, 0.15) is 5.56 Å². The van der Waals surface area contributed by atoms with Crippen molar-refractivity contribution in [2.45, 2.75) is 6.54 Å². The van der Waals surface area contributed by atoms with Crippen LogP contribution in [0.3, 0.4) is 0 Å². The molecule has 0 bridgehead atoms. The highest BCUT2D eigenvalue weighted by Crippen LogP contribution is 2.15. The number of aromatic nitrogens is 2. The van der Waals surface area contributed by atoms with Crippen LogP contribution in [0.15, 0.2) is 18.2 Å². The zero-order valence-electron chi connectivity index (χ0n) is 9.51. The van der Waals surface area contributed by atoms with Gasteiger partial charge in [-0.1, -0.05) is 12.1 Å². The van der Waals surface area contributed by atoms with Gasteiger partial charge in [-0.05, 0) is 6.07 Å². The zero-order valence-corrected chi connectivity index (χ0v) is 10.3. The van der Waals surface area contributed by atoms with Gasteiger partial charge in [0.25, 0.3) is 0 Å². The second-order valence-electron chi connectivity index (χ2n) is 3.39. The fraction of sp³-hybridized carbons (Fsp3) is 0.300. The first-order chi connectivity index (χ1) is 8.22. The molecule has 1 aromatic heterocycles. The fourth-order valence-electron chi connectivity index (χ4n) is 1.37. The number of carbonyl (C=O) groups excluding carboxylic acids is 1. The van der Waals surface area contributed by atoms with Gasteiger partial charge in [-0.2, -0.15) is 8.75 Å². The first kappa shape index (κ1) is 11.7. The monoisotopic (exact) mass is 252 g/mol. The van der Waals surface area contributed by atoms with Crippen molar-refractivity contribution < 1.29 is 9.63 Å². The number of urea groups is 1. The zero-order chi connectivity index (χ0) is 12.3. The largest absolute Gasteiger partial charge is 0.341 e. The average molecular weight is 252 g/mol. The lowest BCUT2D eigenvalue weighted by molar-refractivity contribution is -0.0648. The van der Waals surface area contributed by atoms with Gasteiger partial charge in [-0.15, -0.1) is 0 Å². The Morgan fingerprint density at radius 1 is 1.53 bits per heavy atom. The maximum atomic E-state index is 11.5. The Labute approximate surface area is 102 Å². The van der Waals surface area contributed by atoms with Gasteiger partial charge in [0.2, 0.25) is 0 Å². The van der Waals surface area contributed by atoms with Crippen LogP contribution in [0.5, 0.6) is 0 Å². The third-order valence-corrected chi connectivity index (χ3v) is 2.90. The van der Waals surface area contributed by atoms with Crippen LogP contribution < -0.4 is 5.32 Å². The molecule has 1 N–H and O–H groups in total. The molecule has 1 aromatic carbocycles. The minimum atomic E-state index is -0.298. The number of rotatable bonds is 3. The Kier molecular flexibility index (Phi) is 3.50. The van der Waals surface area contributed by atoms with Crippen molar-refractivity contribution in [2.24, 2.45) is 0 Å². The summed E-state index contributed by atoms with van der Waals surface area (Å²) in [5.74, 6) is 0. The van der Waals surface area contributed by atoms with E-state index in [1.165, 1.54) is 7.11 Å². The highest BCUT2D eigenvalue weighted by molar-refractivity contribution is 7.00. The lowest BCUT2D eigenvalue weighted by Gasteiger charge is -2.14. The summed E-state index contributed by atoms with van der Waals surface area (Å²) in [7, 11) is 2.98. The number of hydroxylamine groups is 2. The molecule has 0 aliphatic rings. The number of nitrogens with one attached hydrogen (secondary N) is 1. The first-order valence-corrected chi connectivity index (χ1v) is 5.71. The van der Waals surface area contributed by atoms with Crippen molar-refractivity contribution in [3.8, 4) is 0 Å². The van der Waals surface area contributed by atoms with Crippen LogP contribution in [0.4, 0.5) is 4.79 Å². The summed E-state index contributed by atoms with van der Waals surface area (Å²) in [5.41, 5.74) is 2.62. The minimum Gasteiger partial charge on any atom is -0.332 e. The lowest BCUT2D eigenvalue weighted by Crippen LogP contribution is -2.36. The summed E-state index contributed by atoms with van der Waals surface area (Å²) < 4.78 is 8.34. The third-order valence-electron chi connectivity index (χ3n) is 2.36. The van der Waals surface area contributed by atoms with E-state index in [9.17, 15) is 4.79 Å². The van der Waals surface area contributed by atoms with Gasteiger partial charge in [-0.25, -0.2) is 9.86 Å². The molecular weight excluding hydrogens is 240 g/mol. The smallest absolute Gasteiger partial charge is 0.332 e. The molecule has 0 saturated heterocycles. The number of hydrogen-bond donors (Lipinski definition) is 1. The molecule has 0 saturated carbocycles. The average Bonchev–Trinajstić information content (AvgIpc) is 2.83. The number of amides is 2. The van der Waals surface area contributed by atoms with Crippen molar-refractivity contribution in [3.05, 3.63) is 23.8 Å². The van der Waals surface area contributed by atoms with Gasteiger partial charge in [-0.3, -0.25) is 4.84 Å². The van der Waals surface area contributed by atoms with E-state index in [2.05, 4.69) is 14.1 Å². The fourth-order valence-corrected chi connectivity index (χ4v) is 1.94. The quantitative estimate of drug-likeness (QED) is 0.838. The molecule has 90 valence electrons. The van der Waals surface area contributed by atoms with Crippen LogP contribution in [0.25, 0.3) is 11.0 Å². The van der Waals surface area contributed by atoms with Crippen molar-refractivity contribution >= 4 is 28.8 Å². The number of nitrogens with zero attached hydrogens (tertiary/aromatic N) is 3. The topological polar surface area (TPSA) is 67.3 Å². The Hall–Kier alpha value is -1.73.